The van der Waals surface area contributed by atoms with E-state index in [-0.39, 0.29) is 0 Å². The predicted octanol–water partition coefficient (Wildman–Crippen LogP) is 3.77. The molecule has 0 fully saturated rings. The van der Waals surface area contributed by atoms with Crippen molar-refractivity contribution in [1.82, 2.24) is 4.57 Å². The Bertz CT molecular complexity index is 733. The summed E-state index contributed by atoms with van der Waals surface area (Å²) in [5.74, 6) is 0. The Balaban J connectivity index is 2.09. The zero-order valence-corrected chi connectivity index (χ0v) is 12.1. The first-order valence-electron chi connectivity index (χ1n) is 7.02. The third-order valence-electron chi connectivity index (χ3n) is 3.73. The molecule has 0 aliphatic heterocycles. The number of aromatic nitrogens is 1. The van der Waals surface area contributed by atoms with Crippen molar-refractivity contribution in [1.29, 1.82) is 0 Å². The SMILES string of the molecule is Cc1cc(C)cc(Cn2c(CN)cc3ccccc32)c1. The van der Waals surface area contributed by atoms with Crippen LogP contribution in [0.4, 0.5) is 0 Å². The summed E-state index contributed by atoms with van der Waals surface area (Å²) < 4.78 is 2.32. The second-order valence-electron chi connectivity index (χ2n) is 5.48. The number of nitrogens with zero attached hydrogens (tertiary/aromatic N) is 1. The van der Waals surface area contributed by atoms with Gasteiger partial charge in [0.25, 0.3) is 0 Å². The highest BCUT2D eigenvalue weighted by Crippen LogP contribution is 2.21. The molecule has 3 rings (SSSR count). The molecule has 0 radical (unpaired) electrons. The summed E-state index contributed by atoms with van der Waals surface area (Å²) in [5.41, 5.74) is 12.3. The second kappa shape index (κ2) is 5.14. The Labute approximate surface area is 119 Å². The lowest BCUT2D eigenvalue weighted by molar-refractivity contribution is 0.767. The lowest BCUT2D eigenvalue weighted by atomic mass is 10.1. The molecule has 0 saturated carbocycles. The monoisotopic (exact) mass is 264 g/mol. The van der Waals surface area contributed by atoms with Gasteiger partial charge in [0.2, 0.25) is 0 Å². The first-order chi connectivity index (χ1) is 9.67. The van der Waals surface area contributed by atoms with Crippen molar-refractivity contribution in [3.8, 4) is 0 Å². The highest BCUT2D eigenvalue weighted by Gasteiger charge is 2.08. The number of fused-ring (bicyclic) bond motifs is 1. The first kappa shape index (κ1) is 12.9. The lowest BCUT2D eigenvalue weighted by Gasteiger charge is -2.11. The van der Waals surface area contributed by atoms with Crippen LogP contribution in [0.2, 0.25) is 0 Å². The van der Waals surface area contributed by atoms with E-state index in [1.807, 2.05) is 0 Å². The summed E-state index contributed by atoms with van der Waals surface area (Å²) in [7, 11) is 0. The van der Waals surface area contributed by atoms with E-state index in [1.165, 1.54) is 33.3 Å². The topological polar surface area (TPSA) is 30.9 Å². The van der Waals surface area contributed by atoms with Crippen LogP contribution < -0.4 is 5.73 Å². The zero-order chi connectivity index (χ0) is 14.1. The van der Waals surface area contributed by atoms with Crippen molar-refractivity contribution >= 4 is 10.9 Å². The van der Waals surface area contributed by atoms with E-state index in [4.69, 9.17) is 5.73 Å². The normalized spacial score (nSPS) is 11.2. The van der Waals surface area contributed by atoms with Crippen LogP contribution in [0.25, 0.3) is 10.9 Å². The Morgan fingerprint density at radius 3 is 2.35 bits per heavy atom. The number of para-hydroxylation sites is 1. The maximum Gasteiger partial charge on any atom is 0.0486 e. The molecule has 2 nitrogen and oxygen atoms in total. The van der Waals surface area contributed by atoms with Crippen LogP contribution in [0.5, 0.6) is 0 Å². The van der Waals surface area contributed by atoms with Crippen LogP contribution in [0.1, 0.15) is 22.4 Å². The molecule has 1 aromatic heterocycles. The van der Waals surface area contributed by atoms with Crippen LogP contribution >= 0.6 is 0 Å². The number of benzene rings is 2. The van der Waals surface area contributed by atoms with Gasteiger partial charge in [-0.25, -0.2) is 0 Å². The van der Waals surface area contributed by atoms with Gasteiger partial charge in [0.15, 0.2) is 0 Å². The summed E-state index contributed by atoms with van der Waals surface area (Å²) in [5, 5.41) is 1.26. The highest BCUT2D eigenvalue weighted by molar-refractivity contribution is 5.81. The number of hydrogen-bond donors (Lipinski definition) is 1. The molecule has 0 spiro atoms. The molecule has 2 N–H and O–H groups in total. The molecule has 2 aromatic carbocycles. The maximum atomic E-state index is 5.91. The molecular weight excluding hydrogens is 244 g/mol. The average Bonchev–Trinajstić information content (AvgIpc) is 2.76. The van der Waals surface area contributed by atoms with Crippen LogP contribution in [-0.2, 0) is 13.1 Å². The third-order valence-corrected chi connectivity index (χ3v) is 3.73. The summed E-state index contributed by atoms with van der Waals surface area (Å²) in [6.07, 6.45) is 0. The van der Waals surface area contributed by atoms with Crippen molar-refractivity contribution < 1.29 is 0 Å². The third kappa shape index (κ3) is 2.35. The van der Waals surface area contributed by atoms with Crippen molar-refractivity contribution in [2.45, 2.75) is 26.9 Å². The fourth-order valence-electron chi connectivity index (χ4n) is 2.97. The quantitative estimate of drug-likeness (QED) is 0.767. The van der Waals surface area contributed by atoms with Gasteiger partial charge in [-0.05, 0) is 36.9 Å². The Morgan fingerprint density at radius 1 is 0.950 bits per heavy atom. The fraction of sp³-hybridized carbons (Fsp3) is 0.222. The van der Waals surface area contributed by atoms with E-state index in [1.54, 1.807) is 0 Å². The molecule has 0 aliphatic rings. The average molecular weight is 264 g/mol. The minimum Gasteiger partial charge on any atom is -0.339 e. The fourth-order valence-corrected chi connectivity index (χ4v) is 2.97. The van der Waals surface area contributed by atoms with Gasteiger partial charge in [-0.3, -0.25) is 0 Å². The van der Waals surface area contributed by atoms with Crippen molar-refractivity contribution in [2.24, 2.45) is 5.73 Å². The van der Waals surface area contributed by atoms with Crippen molar-refractivity contribution in [3.63, 3.8) is 0 Å². The summed E-state index contributed by atoms with van der Waals surface area (Å²) >= 11 is 0. The van der Waals surface area contributed by atoms with Crippen molar-refractivity contribution in [2.75, 3.05) is 0 Å². The summed E-state index contributed by atoms with van der Waals surface area (Å²) in [6.45, 7) is 5.74. The van der Waals surface area contributed by atoms with E-state index in [0.717, 1.165) is 6.54 Å². The van der Waals surface area contributed by atoms with Gasteiger partial charge in [-0.2, -0.15) is 0 Å². The molecule has 0 unspecified atom stereocenters. The molecule has 3 aromatic rings. The van der Waals surface area contributed by atoms with E-state index in [0.29, 0.717) is 6.54 Å². The van der Waals surface area contributed by atoms with Gasteiger partial charge in [0.1, 0.15) is 0 Å². The zero-order valence-electron chi connectivity index (χ0n) is 12.1. The van der Waals surface area contributed by atoms with Gasteiger partial charge in [-0.1, -0.05) is 47.5 Å². The maximum absolute atomic E-state index is 5.91. The highest BCUT2D eigenvalue weighted by atomic mass is 15.0. The molecule has 0 saturated heterocycles. The predicted molar refractivity (Wildman–Crippen MR) is 84.8 cm³/mol. The van der Waals surface area contributed by atoms with E-state index < -0.39 is 0 Å². The van der Waals surface area contributed by atoms with Crippen LogP contribution in [-0.4, -0.2) is 4.57 Å². The van der Waals surface area contributed by atoms with E-state index >= 15 is 0 Å². The molecule has 0 amide bonds. The smallest absolute Gasteiger partial charge is 0.0486 e. The Kier molecular flexibility index (Phi) is 3.33. The number of aryl methyl sites for hydroxylation is 2. The molecule has 0 aliphatic carbocycles. The van der Waals surface area contributed by atoms with E-state index in [2.05, 4.69) is 66.9 Å². The second-order valence-corrected chi connectivity index (χ2v) is 5.48. The van der Waals surface area contributed by atoms with Gasteiger partial charge in [0.05, 0.1) is 0 Å². The van der Waals surface area contributed by atoms with Gasteiger partial charge in [-0.15, -0.1) is 0 Å². The number of hydrogen-bond acceptors (Lipinski definition) is 1. The van der Waals surface area contributed by atoms with Gasteiger partial charge in [0, 0.05) is 24.3 Å². The number of nitrogens with two attached hydrogens (primary N) is 1. The first-order valence-corrected chi connectivity index (χ1v) is 7.02. The molecule has 102 valence electrons. The molecule has 20 heavy (non-hydrogen) atoms. The van der Waals surface area contributed by atoms with Gasteiger partial charge >= 0.3 is 0 Å². The van der Waals surface area contributed by atoms with E-state index in [9.17, 15) is 0 Å². The molecule has 1 heterocycles. The molecular formula is C18H20N2. The summed E-state index contributed by atoms with van der Waals surface area (Å²) in [6, 6.07) is 17.4. The minimum atomic E-state index is 0.569. The number of rotatable bonds is 3. The standard InChI is InChI=1S/C18H20N2/c1-13-7-14(2)9-15(8-13)12-20-17(11-19)10-16-5-3-4-6-18(16)20/h3-10H,11-12,19H2,1-2H3. The molecule has 0 atom stereocenters. The molecule has 0 bridgehead atoms. The molecule has 2 heteroatoms. The van der Waals surface area contributed by atoms with Crippen LogP contribution in [0, 0.1) is 13.8 Å². The Hall–Kier alpha value is -2.06. The van der Waals surface area contributed by atoms with Gasteiger partial charge < -0.3 is 10.3 Å². The van der Waals surface area contributed by atoms with Crippen LogP contribution in [0.3, 0.4) is 0 Å². The largest absolute Gasteiger partial charge is 0.339 e. The van der Waals surface area contributed by atoms with Crippen LogP contribution in [0.15, 0.2) is 48.5 Å². The lowest BCUT2D eigenvalue weighted by Crippen LogP contribution is -2.08. The Morgan fingerprint density at radius 2 is 1.65 bits per heavy atom. The summed E-state index contributed by atoms with van der Waals surface area (Å²) in [4.78, 5) is 0. The minimum absolute atomic E-state index is 0.569. The van der Waals surface area contributed by atoms with Crippen molar-refractivity contribution in [3.05, 3.63) is 70.9 Å².